The SMILES string of the molecule is COc1cc2c(cc1OC)CN([C@@H]1CC(=O)N(Cc3ccccc3)C1=O)CC2. The van der Waals surface area contributed by atoms with Crippen LogP contribution in [0.2, 0.25) is 0 Å². The van der Waals surface area contributed by atoms with Gasteiger partial charge in [0.15, 0.2) is 11.5 Å². The summed E-state index contributed by atoms with van der Waals surface area (Å²) < 4.78 is 10.8. The van der Waals surface area contributed by atoms with E-state index in [2.05, 4.69) is 4.90 Å². The van der Waals surface area contributed by atoms with E-state index in [4.69, 9.17) is 9.47 Å². The fourth-order valence-electron chi connectivity index (χ4n) is 4.05. The van der Waals surface area contributed by atoms with Gasteiger partial charge in [0.1, 0.15) is 0 Å². The maximum atomic E-state index is 13.0. The maximum absolute atomic E-state index is 13.0. The van der Waals surface area contributed by atoms with Gasteiger partial charge in [-0.15, -0.1) is 0 Å². The van der Waals surface area contributed by atoms with Crippen LogP contribution < -0.4 is 9.47 Å². The molecule has 2 aromatic rings. The molecule has 6 heteroatoms. The number of hydrogen-bond acceptors (Lipinski definition) is 5. The minimum absolute atomic E-state index is 0.0993. The summed E-state index contributed by atoms with van der Waals surface area (Å²) in [6, 6.07) is 13.2. The summed E-state index contributed by atoms with van der Waals surface area (Å²) in [6.45, 7) is 1.70. The van der Waals surface area contributed by atoms with E-state index in [9.17, 15) is 9.59 Å². The van der Waals surface area contributed by atoms with E-state index in [0.29, 0.717) is 18.8 Å². The second kappa shape index (κ2) is 7.64. The lowest BCUT2D eigenvalue weighted by Gasteiger charge is -2.32. The lowest BCUT2D eigenvalue weighted by Crippen LogP contribution is -2.44. The van der Waals surface area contributed by atoms with Gasteiger partial charge in [-0.05, 0) is 35.2 Å². The summed E-state index contributed by atoms with van der Waals surface area (Å²) in [7, 11) is 3.25. The minimum Gasteiger partial charge on any atom is -0.493 e. The Hall–Kier alpha value is -2.86. The van der Waals surface area contributed by atoms with Crippen molar-refractivity contribution in [3.63, 3.8) is 0 Å². The van der Waals surface area contributed by atoms with Crippen LogP contribution in [0.3, 0.4) is 0 Å². The highest BCUT2D eigenvalue weighted by molar-refractivity contribution is 6.05. The molecule has 4 rings (SSSR count). The Morgan fingerprint density at radius 3 is 2.36 bits per heavy atom. The predicted molar refractivity (Wildman–Crippen MR) is 104 cm³/mol. The highest BCUT2D eigenvalue weighted by Crippen LogP contribution is 2.34. The van der Waals surface area contributed by atoms with Gasteiger partial charge in [0, 0.05) is 13.1 Å². The number of benzene rings is 2. The molecule has 2 aromatic carbocycles. The van der Waals surface area contributed by atoms with Crippen LogP contribution in [0, 0.1) is 0 Å². The van der Waals surface area contributed by atoms with Crippen LogP contribution in [0.1, 0.15) is 23.1 Å². The molecule has 2 amide bonds. The average molecular weight is 380 g/mol. The molecule has 0 aromatic heterocycles. The number of methoxy groups -OCH3 is 2. The lowest BCUT2D eigenvalue weighted by atomic mass is 9.97. The Kier molecular flexibility index (Phi) is 5.05. The zero-order valence-electron chi connectivity index (χ0n) is 16.2. The molecule has 0 N–H and O–H groups in total. The van der Waals surface area contributed by atoms with Crippen LogP contribution in [-0.4, -0.2) is 48.4 Å². The van der Waals surface area contributed by atoms with Crippen molar-refractivity contribution < 1.29 is 19.1 Å². The first kappa shape index (κ1) is 18.5. The number of imide groups is 1. The fraction of sp³-hybridized carbons (Fsp3) is 0.364. The molecule has 0 radical (unpaired) electrons. The molecule has 0 bridgehead atoms. The van der Waals surface area contributed by atoms with Gasteiger partial charge in [-0.2, -0.15) is 0 Å². The van der Waals surface area contributed by atoms with Crippen LogP contribution in [0.25, 0.3) is 0 Å². The summed E-state index contributed by atoms with van der Waals surface area (Å²) in [6.07, 6.45) is 1.06. The number of likely N-dealkylation sites (tertiary alicyclic amines) is 1. The third kappa shape index (κ3) is 3.36. The minimum atomic E-state index is -0.391. The van der Waals surface area contributed by atoms with Crippen molar-refractivity contribution in [2.75, 3.05) is 20.8 Å². The quantitative estimate of drug-likeness (QED) is 0.746. The Balaban J connectivity index is 1.51. The molecule has 2 aliphatic heterocycles. The van der Waals surface area contributed by atoms with E-state index >= 15 is 0 Å². The van der Waals surface area contributed by atoms with Crippen molar-refractivity contribution in [1.29, 1.82) is 0 Å². The number of ether oxygens (including phenoxy) is 2. The van der Waals surface area contributed by atoms with Crippen LogP contribution in [0.5, 0.6) is 11.5 Å². The number of nitrogens with zero attached hydrogens (tertiary/aromatic N) is 2. The highest BCUT2D eigenvalue weighted by atomic mass is 16.5. The molecule has 1 saturated heterocycles. The van der Waals surface area contributed by atoms with Crippen molar-refractivity contribution in [2.24, 2.45) is 0 Å². The zero-order valence-corrected chi connectivity index (χ0v) is 16.2. The first-order valence-electron chi connectivity index (χ1n) is 9.46. The molecule has 0 aliphatic carbocycles. The number of carbonyl (C=O) groups is 2. The molecule has 6 nitrogen and oxygen atoms in total. The smallest absolute Gasteiger partial charge is 0.247 e. The fourth-order valence-corrected chi connectivity index (χ4v) is 4.05. The summed E-state index contributed by atoms with van der Waals surface area (Å²) in [4.78, 5) is 29.0. The largest absolute Gasteiger partial charge is 0.493 e. The van der Waals surface area contributed by atoms with Crippen molar-refractivity contribution in [1.82, 2.24) is 9.80 Å². The van der Waals surface area contributed by atoms with E-state index in [1.54, 1.807) is 14.2 Å². The van der Waals surface area contributed by atoms with Gasteiger partial charge < -0.3 is 9.47 Å². The van der Waals surface area contributed by atoms with Gasteiger partial charge in [0.2, 0.25) is 11.8 Å². The molecule has 1 fully saturated rings. The van der Waals surface area contributed by atoms with Gasteiger partial charge in [-0.25, -0.2) is 0 Å². The molecule has 0 unspecified atom stereocenters. The van der Waals surface area contributed by atoms with Crippen LogP contribution in [-0.2, 0) is 29.1 Å². The molecular formula is C22H24N2O4. The third-order valence-corrected chi connectivity index (χ3v) is 5.59. The Morgan fingerprint density at radius 2 is 1.68 bits per heavy atom. The Bertz CT molecular complexity index is 897. The number of fused-ring (bicyclic) bond motifs is 1. The number of carbonyl (C=O) groups excluding carboxylic acids is 2. The Morgan fingerprint density at radius 1 is 1.00 bits per heavy atom. The van der Waals surface area contributed by atoms with Gasteiger partial charge >= 0.3 is 0 Å². The van der Waals surface area contributed by atoms with E-state index in [1.807, 2.05) is 42.5 Å². The highest BCUT2D eigenvalue weighted by Gasteiger charge is 2.42. The lowest BCUT2D eigenvalue weighted by molar-refractivity contribution is -0.140. The van der Waals surface area contributed by atoms with Crippen molar-refractivity contribution >= 4 is 11.8 Å². The number of amides is 2. The summed E-state index contributed by atoms with van der Waals surface area (Å²) in [5, 5.41) is 0. The van der Waals surface area contributed by atoms with Crippen LogP contribution in [0.4, 0.5) is 0 Å². The predicted octanol–water partition coefficient (Wildman–Crippen LogP) is 2.39. The van der Waals surface area contributed by atoms with Gasteiger partial charge in [0.05, 0.1) is 33.2 Å². The Labute approximate surface area is 164 Å². The normalized spacial score (nSPS) is 19.6. The molecule has 0 spiro atoms. The molecule has 146 valence electrons. The van der Waals surface area contributed by atoms with Crippen molar-refractivity contribution in [3.8, 4) is 11.5 Å². The topological polar surface area (TPSA) is 59.1 Å². The van der Waals surface area contributed by atoms with Gasteiger partial charge in [-0.1, -0.05) is 30.3 Å². The van der Waals surface area contributed by atoms with Crippen molar-refractivity contribution in [3.05, 3.63) is 59.2 Å². The third-order valence-electron chi connectivity index (χ3n) is 5.59. The van der Waals surface area contributed by atoms with Gasteiger partial charge in [0.25, 0.3) is 0 Å². The number of rotatable bonds is 5. The first-order valence-corrected chi connectivity index (χ1v) is 9.46. The molecule has 2 heterocycles. The first-order chi connectivity index (χ1) is 13.6. The van der Waals surface area contributed by atoms with E-state index < -0.39 is 6.04 Å². The van der Waals surface area contributed by atoms with E-state index in [0.717, 1.165) is 29.8 Å². The zero-order chi connectivity index (χ0) is 19.7. The van der Waals surface area contributed by atoms with Gasteiger partial charge in [-0.3, -0.25) is 19.4 Å². The monoisotopic (exact) mass is 380 g/mol. The summed E-state index contributed by atoms with van der Waals surface area (Å²) in [5.41, 5.74) is 3.28. The molecular weight excluding hydrogens is 356 g/mol. The molecule has 0 saturated carbocycles. The molecule has 2 aliphatic rings. The summed E-state index contributed by atoms with van der Waals surface area (Å²) >= 11 is 0. The average Bonchev–Trinajstić information content (AvgIpc) is 3.01. The second-order valence-corrected chi connectivity index (χ2v) is 7.22. The second-order valence-electron chi connectivity index (χ2n) is 7.22. The van der Waals surface area contributed by atoms with Crippen LogP contribution in [0.15, 0.2) is 42.5 Å². The van der Waals surface area contributed by atoms with Crippen LogP contribution >= 0.6 is 0 Å². The molecule has 1 atom stereocenters. The molecule has 28 heavy (non-hydrogen) atoms. The maximum Gasteiger partial charge on any atom is 0.247 e. The van der Waals surface area contributed by atoms with E-state index in [-0.39, 0.29) is 18.2 Å². The van der Waals surface area contributed by atoms with E-state index in [1.165, 1.54) is 10.5 Å². The number of hydrogen-bond donors (Lipinski definition) is 0. The standard InChI is InChI=1S/C22H24N2O4/c1-27-19-10-16-8-9-23(14-17(16)11-20(19)28-2)18-12-21(25)24(22(18)26)13-15-6-4-3-5-7-15/h3-7,10-11,18H,8-9,12-14H2,1-2H3/t18-/m1/s1. The summed E-state index contributed by atoms with van der Waals surface area (Å²) in [5.74, 6) is 1.20. The van der Waals surface area contributed by atoms with Crippen molar-refractivity contribution in [2.45, 2.75) is 32.0 Å².